The normalized spacial score (nSPS) is 50.2. The van der Waals surface area contributed by atoms with Gasteiger partial charge in [-0.05, 0) is 38.7 Å². The fourth-order valence-corrected chi connectivity index (χ4v) is 13.3. The Balaban J connectivity index is 1.53. The number of hydrogen-bond acceptors (Lipinski definition) is 17. The third-order valence-corrected chi connectivity index (χ3v) is 15.3. The number of aliphatic hydroxyl groups excluding tert-OH is 1. The maximum Gasteiger partial charge on any atom is 0.333 e. The molecule has 17 nitrogen and oxygen atoms in total. The van der Waals surface area contributed by atoms with E-state index in [1.807, 2.05) is 0 Å². The number of carbonyl (C=O) groups excluding carboxylic acids is 4. The van der Waals surface area contributed by atoms with Crippen LogP contribution in [0.25, 0.3) is 0 Å². The molecule has 0 radical (unpaired) electrons. The highest BCUT2D eigenvalue weighted by Crippen LogP contribution is 2.90. The van der Waals surface area contributed by atoms with Gasteiger partial charge in [-0.3, -0.25) is 14.4 Å². The van der Waals surface area contributed by atoms with Crippen molar-refractivity contribution in [2.75, 3.05) is 21.3 Å². The van der Waals surface area contributed by atoms with Crippen LogP contribution >= 0.6 is 0 Å². The van der Waals surface area contributed by atoms with Gasteiger partial charge in [-0.15, -0.1) is 0 Å². The maximum absolute atomic E-state index is 14.1. The molecule has 314 valence electrons. The highest BCUT2D eigenvalue weighted by molar-refractivity contribution is 5.88. The first-order valence-corrected chi connectivity index (χ1v) is 19.1. The molecule has 2 N–H and O–H groups in total. The predicted octanol–water partition coefficient (Wildman–Crippen LogP) is 2.89. The molecule has 3 aliphatic heterocycles. The Bertz CT molecular complexity index is 1950. The van der Waals surface area contributed by atoms with Crippen LogP contribution in [0.5, 0.6) is 0 Å². The van der Waals surface area contributed by atoms with Gasteiger partial charge in [0.2, 0.25) is 0 Å². The molecule has 8 rings (SSSR count). The molecule has 4 heterocycles. The van der Waals surface area contributed by atoms with Gasteiger partial charge in [0.1, 0.15) is 35.1 Å². The number of esters is 4. The molecular weight excluding hydrogens is 752 g/mol. The van der Waals surface area contributed by atoms with Gasteiger partial charge in [0.15, 0.2) is 11.2 Å². The monoisotopic (exact) mass is 804 g/mol. The largest absolute Gasteiger partial charge is 0.472 e. The topological polar surface area (TPSA) is 214 Å². The molecule has 3 saturated heterocycles. The van der Waals surface area contributed by atoms with Crippen molar-refractivity contribution in [3.8, 4) is 0 Å². The molecule has 4 bridgehead atoms. The number of methoxy groups -OCH3 is 3. The number of fused-ring (bicyclic) bond motifs is 2. The lowest BCUT2D eigenvalue weighted by atomic mass is 9.32. The Labute approximate surface area is 329 Å². The maximum atomic E-state index is 14.1. The van der Waals surface area contributed by atoms with Gasteiger partial charge in [0.25, 0.3) is 11.9 Å². The summed E-state index contributed by atoms with van der Waals surface area (Å²) < 4.78 is 69.8. The first-order valence-electron chi connectivity index (χ1n) is 19.1. The molecule has 1 aromatic heterocycles. The summed E-state index contributed by atoms with van der Waals surface area (Å²) in [6.45, 7) is 12.6. The number of rotatable bonds is 10. The lowest BCUT2D eigenvalue weighted by molar-refractivity contribution is -0.468. The first-order chi connectivity index (χ1) is 26.5. The van der Waals surface area contributed by atoms with E-state index in [-0.39, 0.29) is 24.8 Å². The highest BCUT2D eigenvalue weighted by atomic mass is 17.0. The van der Waals surface area contributed by atoms with Crippen LogP contribution in [-0.4, -0.2) is 114 Å². The average molecular weight is 805 g/mol. The summed E-state index contributed by atoms with van der Waals surface area (Å²) in [7, 11) is 3.76. The zero-order valence-corrected chi connectivity index (χ0v) is 34.0. The van der Waals surface area contributed by atoms with E-state index >= 15 is 0 Å². The Kier molecular flexibility index (Phi) is 8.40. The SMILES string of the molecule is C/C=C(\C)C(=O)O[C@H]1[C@]2(C)C[C@]3(O)[C@]14O[C@](C)(OC)O[C@H]4[C@]14O[C@]5(C)O[C@@]1(CC(=O)OC)[C@](C)([C@@H](OC(C)=O)c1ccoc1)C[C@@H](O)[C@]4(O5)[C@]3(C)[C@H]2CC(=O)OC. The summed E-state index contributed by atoms with van der Waals surface area (Å²) in [5, 5.41) is 27.3. The first kappa shape index (κ1) is 40.4. The number of carbonyl (C=O) groups is 4. The molecule has 57 heavy (non-hydrogen) atoms. The van der Waals surface area contributed by atoms with E-state index in [1.165, 1.54) is 54.6 Å². The second-order valence-electron chi connectivity index (χ2n) is 17.7. The zero-order chi connectivity index (χ0) is 41.8. The molecule has 4 saturated carbocycles. The number of ether oxygens (including phenoxy) is 10. The fraction of sp³-hybridized carbons (Fsp3) is 0.750. The van der Waals surface area contributed by atoms with Crippen molar-refractivity contribution in [2.24, 2.45) is 22.2 Å². The fourth-order valence-electron chi connectivity index (χ4n) is 13.3. The highest BCUT2D eigenvalue weighted by Gasteiger charge is 3.07. The van der Waals surface area contributed by atoms with Crippen LogP contribution < -0.4 is 0 Å². The Morgan fingerprint density at radius 3 is 2.21 bits per heavy atom. The van der Waals surface area contributed by atoms with E-state index in [0.717, 1.165) is 0 Å². The molecule has 15 atom stereocenters. The number of aliphatic hydroxyl groups is 2. The van der Waals surface area contributed by atoms with E-state index in [9.17, 15) is 29.4 Å². The van der Waals surface area contributed by atoms with Crippen molar-refractivity contribution in [1.29, 1.82) is 0 Å². The lowest BCUT2D eigenvalue weighted by Crippen LogP contribution is -2.97. The minimum Gasteiger partial charge on any atom is -0.472 e. The summed E-state index contributed by atoms with van der Waals surface area (Å²) in [6.07, 6.45) is -3.09. The van der Waals surface area contributed by atoms with Gasteiger partial charge in [-0.25, -0.2) is 4.79 Å². The third-order valence-electron chi connectivity index (χ3n) is 15.3. The molecule has 0 amide bonds. The number of allylic oxidation sites excluding steroid dienone is 1. The summed E-state index contributed by atoms with van der Waals surface area (Å²) in [6, 6.07) is 1.59. The molecule has 7 aliphatic rings. The van der Waals surface area contributed by atoms with Crippen LogP contribution in [0.2, 0.25) is 0 Å². The van der Waals surface area contributed by atoms with E-state index < -0.39 is 117 Å². The zero-order valence-electron chi connectivity index (χ0n) is 34.0. The van der Waals surface area contributed by atoms with Crippen LogP contribution in [-0.2, 0) is 66.5 Å². The molecular formula is C40H52O17. The van der Waals surface area contributed by atoms with Crippen molar-refractivity contribution >= 4 is 23.9 Å². The van der Waals surface area contributed by atoms with Crippen LogP contribution in [0.1, 0.15) is 92.7 Å². The van der Waals surface area contributed by atoms with Gasteiger partial charge in [0.05, 0.1) is 39.3 Å². The van der Waals surface area contributed by atoms with Gasteiger partial charge in [-0.2, -0.15) is 0 Å². The molecule has 7 fully saturated rings. The molecule has 2 spiro atoms. The second kappa shape index (κ2) is 11.9. The van der Waals surface area contributed by atoms with Crippen molar-refractivity contribution in [3.05, 3.63) is 35.8 Å². The second-order valence-corrected chi connectivity index (χ2v) is 17.7. The van der Waals surface area contributed by atoms with Crippen molar-refractivity contribution in [3.63, 3.8) is 0 Å². The Morgan fingerprint density at radius 2 is 1.63 bits per heavy atom. The summed E-state index contributed by atoms with van der Waals surface area (Å²) in [5.41, 5.74) is -15.0. The lowest BCUT2D eigenvalue weighted by Gasteiger charge is -2.78. The van der Waals surface area contributed by atoms with Crippen LogP contribution in [0, 0.1) is 22.2 Å². The average Bonchev–Trinajstić information content (AvgIpc) is 3.97. The van der Waals surface area contributed by atoms with E-state index in [2.05, 4.69) is 0 Å². The molecule has 4 aliphatic carbocycles. The standard InChI is InChI=1S/C40H52O17/c1-12-20(2)28(45)52-29-31(4)19-36(46)33(6,23(31)15-25(43)47-9)39-24(42)16-32(5,27(51-21(3)41)22-13-14-50-18-22)37(17-26(44)48-10)40(39,57-35(8,54-37)56-39)30-38(29,36)55-34(7,49-11)53-30/h12-14,18,23-24,27,29-30,42,46H,15-17,19H2,1-11H3/b20-12+/t23-,24+,27-,29-,30+,31+,32-,33+,34+,35+,36+,37-,38-,39-,40-/m0/s1. The van der Waals surface area contributed by atoms with Gasteiger partial charge < -0.3 is 62.0 Å². The van der Waals surface area contributed by atoms with Crippen molar-refractivity contribution in [1.82, 2.24) is 0 Å². The number of furan rings is 1. The molecule has 0 aromatic carbocycles. The van der Waals surface area contributed by atoms with Gasteiger partial charge in [-0.1, -0.05) is 26.8 Å². The molecule has 1 aromatic rings. The van der Waals surface area contributed by atoms with E-state index in [0.29, 0.717) is 5.56 Å². The Hall–Kier alpha value is -3.42. The van der Waals surface area contributed by atoms with E-state index in [1.54, 1.807) is 46.8 Å². The minimum atomic E-state index is -2.27. The summed E-state index contributed by atoms with van der Waals surface area (Å²) in [4.78, 5) is 54.8. The van der Waals surface area contributed by atoms with Gasteiger partial charge in [0, 0.05) is 61.7 Å². The summed E-state index contributed by atoms with van der Waals surface area (Å²) >= 11 is 0. The number of hydrogen-bond donors (Lipinski definition) is 2. The van der Waals surface area contributed by atoms with Gasteiger partial charge >= 0.3 is 23.9 Å². The van der Waals surface area contributed by atoms with Crippen LogP contribution in [0.15, 0.2) is 34.7 Å². The van der Waals surface area contributed by atoms with Crippen LogP contribution in [0.4, 0.5) is 0 Å². The predicted molar refractivity (Wildman–Crippen MR) is 188 cm³/mol. The summed E-state index contributed by atoms with van der Waals surface area (Å²) in [5.74, 6) is -8.01. The minimum absolute atomic E-state index is 0.150. The van der Waals surface area contributed by atoms with Crippen molar-refractivity contribution < 1.29 is 81.2 Å². The molecule has 0 unspecified atom stereocenters. The smallest absolute Gasteiger partial charge is 0.333 e. The van der Waals surface area contributed by atoms with Crippen LogP contribution in [0.3, 0.4) is 0 Å². The van der Waals surface area contributed by atoms with E-state index in [4.69, 9.17) is 51.8 Å². The third kappa shape index (κ3) is 4.17. The Morgan fingerprint density at radius 1 is 0.965 bits per heavy atom. The van der Waals surface area contributed by atoms with Crippen molar-refractivity contribution in [2.45, 2.75) is 145 Å². The molecule has 17 heteroatoms. The quantitative estimate of drug-likeness (QED) is 0.198.